The molecule has 35 heavy (non-hydrogen) atoms. The number of carbonyl (C=O) groups excluding carboxylic acids is 1. The predicted octanol–water partition coefficient (Wildman–Crippen LogP) is 6.33. The van der Waals surface area contributed by atoms with Gasteiger partial charge in [0.05, 0.1) is 30.5 Å². The first-order valence-corrected chi connectivity index (χ1v) is 12.6. The van der Waals surface area contributed by atoms with Crippen molar-refractivity contribution in [2.45, 2.75) is 38.6 Å². The van der Waals surface area contributed by atoms with E-state index >= 15 is 0 Å². The highest BCUT2D eigenvalue weighted by Crippen LogP contribution is 2.46. The van der Waals surface area contributed by atoms with Crippen LogP contribution in [0.2, 0.25) is 0 Å². The SMILES string of the molecule is CCOC(=O)Cc1csc(N2N=C3/C(=C\c4ccc(F)cc4)CCCC3C2c2ccc(F)cc2)n1. The minimum Gasteiger partial charge on any atom is -0.466 e. The molecule has 1 aliphatic heterocycles. The van der Waals surface area contributed by atoms with Crippen LogP contribution in [0.3, 0.4) is 0 Å². The van der Waals surface area contributed by atoms with E-state index in [1.54, 1.807) is 31.2 Å². The van der Waals surface area contributed by atoms with Gasteiger partial charge >= 0.3 is 5.97 Å². The summed E-state index contributed by atoms with van der Waals surface area (Å²) in [6.07, 6.45) is 4.99. The van der Waals surface area contributed by atoms with Gasteiger partial charge in [0, 0.05) is 11.3 Å². The molecule has 1 fully saturated rings. The molecule has 0 spiro atoms. The fraction of sp³-hybridized carbons (Fsp3) is 0.296. The van der Waals surface area contributed by atoms with E-state index < -0.39 is 0 Å². The summed E-state index contributed by atoms with van der Waals surface area (Å²) in [4.78, 5) is 16.6. The number of hydrogen-bond donors (Lipinski definition) is 0. The van der Waals surface area contributed by atoms with Crippen LogP contribution in [0, 0.1) is 17.6 Å². The molecule has 2 aliphatic rings. The quantitative estimate of drug-likeness (QED) is 0.377. The van der Waals surface area contributed by atoms with E-state index in [1.807, 2.05) is 10.4 Å². The Hall–Kier alpha value is -3.39. The van der Waals surface area contributed by atoms with Gasteiger partial charge < -0.3 is 4.74 Å². The molecular formula is C27H25F2N3O2S. The van der Waals surface area contributed by atoms with Gasteiger partial charge in [-0.15, -0.1) is 11.3 Å². The first kappa shape index (κ1) is 23.4. The smallest absolute Gasteiger partial charge is 0.311 e. The Morgan fingerprint density at radius 2 is 1.86 bits per heavy atom. The highest BCUT2D eigenvalue weighted by Gasteiger charge is 2.42. The zero-order valence-corrected chi connectivity index (χ0v) is 20.1. The fourth-order valence-electron chi connectivity index (χ4n) is 4.75. The topological polar surface area (TPSA) is 54.8 Å². The molecule has 3 aromatic rings. The number of aromatic nitrogens is 1. The van der Waals surface area contributed by atoms with Gasteiger partial charge in [0.15, 0.2) is 0 Å². The second kappa shape index (κ2) is 10.1. The standard InChI is InChI=1S/C27H25F2N3O2S/c1-2-34-24(33)15-22-16-35-27(30-22)32-26(18-8-12-21(29)13-9-18)23-5-3-4-19(25(23)31-32)14-17-6-10-20(28)11-7-17/h6-14,16,23,26H,2-5,15H2,1H3/b19-14-. The van der Waals surface area contributed by atoms with Gasteiger partial charge in [0.1, 0.15) is 11.6 Å². The molecule has 2 unspecified atom stereocenters. The van der Waals surface area contributed by atoms with Crippen molar-refractivity contribution in [3.05, 3.63) is 87.9 Å². The third-order valence-corrected chi connectivity index (χ3v) is 7.17. The van der Waals surface area contributed by atoms with Gasteiger partial charge in [-0.2, -0.15) is 5.10 Å². The number of allylic oxidation sites excluding steroid dienone is 1. The summed E-state index contributed by atoms with van der Waals surface area (Å²) in [7, 11) is 0. The second-order valence-electron chi connectivity index (χ2n) is 8.65. The molecule has 2 heterocycles. The van der Waals surface area contributed by atoms with Gasteiger partial charge in [-0.3, -0.25) is 4.79 Å². The number of fused-ring (bicyclic) bond motifs is 1. The van der Waals surface area contributed by atoms with Crippen molar-refractivity contribution in [2.24, 2.45) is 11.0 Å². The molecule has 2 aromatic carbocycles. The van der Waals surface area contributed by atoms with Gasteiger partial charge in [0.25, 0.3) is 0 Å². The lowest BCUT2D eigenvalue weighted by Gasteiger charge is -2.29. The van der Waals surface area contributed by atoms with Crippen LogP contribution in [0.15, 0.2) is 64.6 Å². The maximum absolute atomic E-state index is 13.7. The minimum absolute atomic E-state index is 0.106. The predicted molar refractivity (Wildman–Crippen MR) is 133 cm³/mol. The van der Waals surface area contributed by atoms with Crippen LogP contribution >= 0.6 is 11.3 Å². The normalized spacial score (nSPS) is 20.6. The number of rotatable bonds is 6. The zero-order valence-electron chi connectivity index (χ0n) is 19.3. The maximum atomic E-state index is 13.7. The average Bonchev–Trinajstić information content (AvgIpc) is 3.46. The molecule has 1 aromatic heterocycles. The maximum Gasteiger partial charge on any atom is 0.311 e. The summed E-state index contributed by atoms with van der Waals surface area (Å²) in [5, 5.41) is 9.48. The second-order valence-corrected chi connectivity index (χ2v) is 9.49. The summed E-state index contributed by atoms with van der Waals surface area (Å²) in [5.74, 6) is -0.758. The van der Waals surface area contributed by atoms with Crippen molar-refractivity contribution in [1.29, 1.82) is 0 Å². The number of carbonyl (C=O) groups is 1. The first-order valence-electron chi connectivity index (χ1n) is 11.7. The van der Waals surface area contributed by atoms with E-state index in [-0.39, 0.29) is 36.0 Å². The molecule has 0 saturated heterocycles. The Labute approximate surface area is 206 Å². The number of nitrogens with zero attached hydrogens (tertiary/aromatic N) is 3. The number of hydrogen-bond acceptors (Lipinski definition) is 6. The molecule has 1 saturated carbocycles. The van der Waals surface area contributed by atoms with E-state index in [4.69, 9.17) is 9.84 Å². The summed E-state index contributed by atoms with van der Waals surface area (Å²) in [6, 6.07) is 12.8. The molecule has 5 rings (SSSR count). The van der Waals surface area contributed by atoms with E-state index in [2.05, 4.69) is 11.1 Å². The molecule has 0 bridgehead atoms. The molecule has 0 N–H and O–H groups in total. The van der Waals surface area contributed by atoms with E-state index in [1.165, 1.54) is 35.6 Å². The first-order chi connectivity index (χ1) is 17.0. The third kappa shape index (κ3) is 5.03. The summed E-state index contributed by atoms with van der Waals surface area (Å²) in [5.41, 5.74) is 4.62. The summed E-state index contributed by atoms with van der Waals surface area (Å²) in [6.45, 7) is 2.10. The van der Waals surface area contributed by atoms with Crippen molar-refractivity contribution < 1.29 is 18.3 Å². The highest BCUT2D eigenvalue weighted by atomic mass is 32.1. The molecule has 5 nitrogen and oxygen atoms in total. The van der Waals surface area contributed by atoms with Crippen molar-refractivity contribution in [3.8, 4) is 0 Å². The Morgan fingerprint density at radius 3 is 2.57 bits per heavy atom. The Morgan fingerprint density at radius 1 is 1.14 bits per heavy atom. The van der Waals surface area contributed by atoms with Crippen molar-refractivity contribution in [3.63, 3.8) is 0 Å². The summed E-state index contributed by atoms with van der Waals surface area (Å²) >= 11 is 1.43. The minimum atomic E-state index is -0.314. The van der Waals surface area contributed by atoms with Crippen LogP contribution in [-0.2, 0) is 16.0 Å². The largest absolute Gasteiger partial charge is 0.466 e. The van der Waals surface area contributed by atoms with Crippen LogP contribution in [-0.4, -0.2) is 23.3 Å². The van der Waals surface area contributed by atoms with Crippen LogP contribution in [0.5, 0.6) is 0 Å². The van der Waals surface area contributed by atoms with Crippen molar-refractivity contribution in [1.82, 2.24) is 4.98 Å². The van der Waals surface area contributed by atoms with E-state index in [0.717, 1.165) is 41.7 Å². The molecule has 0 radical (unpaired) electrons. The Bertz CT molecular complexity index is 1270. The number of halogens is 2. The Kier molecular flexibility index (Phi) is 6.72. The van der Waals surface area contributed by atoms with Crippen LogP contribution < -0.4 is 5.01 Å². The summed E-state index contributed by atoms with van der Waals surface area (Å²) < 4.78 is 32.2. The molecule has 8 heteroatoms. The number of hydrazone groups is 1. The van der Waals surface area contributed by atoms with Crippen LogP contribution in [0.1, 0.15) is 49.0 Å². The van der Waals surface area contributed by atoms with Crippen LogP contribution in [0.25, 0.3) is 6.08 Å². The fourth-order valence-corrected chi connectivity index (χ4v) is 5.56. The zero-order chi connectivity index (χ0) is 24.4. The average molecular weight is 494 g/mol. The highest BCUT2D eigenvalue weighted by molar-refractivity contribution is 7.13. The number of benzene rings is 2. The van der Waals surface area contributed by atoms with E-state index in [0.29, 0.717) is 17.4 Å². The van der Waals surface area contributed by atoms with Crippen molar-refractivity contribution >= 4 is 34.2 Å². The molecule has 180 valence electrons. The Balaban J connectivity index is 1.52. The van der Waals surface area contributed by atoms with Gasteiger partial charge in [0.2, 0.25) is 5.13 Å². The molecule has 2 atom stereocenters. The number of anilines is 1. The lowest BCUT2D eigenvalue weighted by atomic mass is 9.77. The monoisotopic (exact) mass is 493 g/mol. The molecule has 0 amide bonds. The third-order valence-electron chi connectivity index (χ3n) is 6.29. The van der Waals surface area contributed by atoms with E-state index in [9.17, 15) is 13.6 Å². The lowest BCUT2D eigenvalue weighted by Crippen LogP contribution is -2.28. The van der Waals surface area contributed by atoms with Gasteiger partial charge in [-0.1, -0.05) is 24.3 Å². The number of thiazole rings is 1. The van der Waals surface area contributed by atoms with Gasteiger partial charge in [-0.05, 0) is 73.2 Å². The lowest BCUT2D eigenvalue weighted by molar-refractivity contribution is -0.142. The van der Waals surface area contributed by atoms with Crippen LogP contribution in [0.4, 0.5) is 13.9 Å². The van der Waals surface area contributed by atoms with Crippen molar-refractivity contribution in [2.75, 3.05) is 11.6 Å². The van der Waals surface area contributed by atoms with Gasteiger partial charge in [-0.25, -0.2) is 18.8 Å². The molecule has 1 aliphatic carbocycles. The molecular weight excluding hydrogens is 468 g/mol. The number of ether oxygens (including phenoxy) is 1. The number of esters is 1.